The minimum Gasteiger partial charge on any atom is -0.481 e. The molecule has 0 saturated heterocycles. The van der Waals surface area contributed by atoms with Crippen LogP contribution in [-0.2, 0) is 26.7 Å². The zero-order valence-corrected chi connectivity index (χ0v) is 9.00. The molecule has 0 spiro atoms. The predicted octanol–water partition coefficient (Wildman–Crippen LogP) is 1.74. The number of rotatable bonds is 4. The zero-order chi connectivity index (χ0) is 9.98. The Morgan fingerprint density at radius 2 is 1.15 bits per heavy atom. The molecule has 0 bridgehead atoms. The fourth-order valence-corrected chi connectivity index (χ4v) is 0.428. The molecule has 0 aromatic rings. The average Bonchev–Trinajstić information content (AvgIpc) is 1.87. The Bertz CT molecular complexity index is 120. The Balaban J connectivity index is -0.000000143. The van der Waals surface area contributed by atoms with Crippen molar-refractivity contribution in [2.75, 3.05) is 0 Å². The van der Waals surface area contributed by atoms with Crippen molar-refractivity contribution in [3.63, 3.8) is 0 Å². The van der Waals surface area contributed by atoms with Gasteiger partial charge in [-0.05, 0) is 12.8 Å². The van der Waals surface area contributed by atoms with Crippen LogP contribution in [-0.4, -0.2) is 22.2 Å². The van der Waals surface area contributed by atoms with Crippen LogP contribution in [0.5, 0.6) is 0 Å². The summed E-state index contributed by atoms with van der Waals surface area (Å²) in [6.45, 7) is 3.68. The Hall–Kier alpha value is -0.541. The SMILES string of the molecule is CCCC(=O)O.CCCC(=O)O.[Fe]. The molecule has 4 nitrogen and oxygen atoms in total. The quantitative estimate of drug-likeness (QED) is 0.724. The van der Waals surface area contributed by atoms with Gasteiger partial charge in [0.2, 0.25) is 0 Å². The molecule has 0 rings (SSSR count). The smallest absolute Gasteiger partial charge is 0.303 e. The zero-order valence-electron chi connectivity index (χ0n) is 7.89. The summed E-state index contributed by atoms with van der Waals surface area (Å²) in [4.78, 5) is 19.2. The molecule has 0 aromatic carbocycles. The van der Waals surface area contributed by atoms with Gasteiger partial charge in [-0.1, -0.05) is 13.8 Å². The van der Waals surface area contributed by atoms with Crippen molar-refractivity contribution in [3.8, 4) is 0 Å². The maximum absolute atomic E-state index is 9.60. The second-order valence-electron chi connectivity index (χ2n) is 2.29. The van der Waals surface area contributed by atoms with Crippen LogP contribution in [0.1, 0.15) is 39.5 Å². The Morgan fingerprint density at radius 3 is 1.15 bits per heavy atom. The molecule has 0 fully saturated rings. The van der Waals surface area contributed by atoms with E-state index in [4.69, 9.17) is 10.2 Å². The van der Waals surface area contributed by atoms with Crippen LogP contribution in [0.4, 0.5) is 0 Å². The summed E-state index contributed by atoms with van der Waals surface area (Å²) < 4.78 is 0. The van der Waals surface area contributed by atoms with Gasteiger partial charge in [-0.2, -0.15) is 0 Å². The van der Waals surface area contributed by atoms with Crippen LogP contribution >= 0.6 is 0 Å². The summed E-state index contributed by atoms with van der Waals surface area (Å²) in [6, 6.07) is 0. The van der Waals surface area contributed by atoms with Gasteiger partial charge >= 0.3 is 11.9 Å². The molecule has 0 saturated carbocycles. The number of hydrogen-bond donors (Lipinski definition) is 2. The summed E-state index contributed by atoms with van der Waals surface area (Å²) >= 11 is 0. The molecular formula is C8H16FeO4. The van der Waals surface area contributed by atoms with E-state index in [9.17, 15) is 9.59 Å². The van der Waals surface area contributed by atoms with E-state index >= 15 is 0 Å². The van der Waals surface area contributed by atoms with Crippen LogP contribution in [0.3, 0.4) is 0 Å². The third-order valence-corrected chi connectivity index (χ3v) is 0.928. The van der Waals surface area contributed by atoms with Crippen LogP contribution in [0.2, 0.25) is 0 Å². The fourth-order valence-electron chi connectivity index (χ4n) is 0.428. The Kier molecular flexibility index (Phi) is 19.7. The maximum Gasteiger partial charge on any atom is 0.303 e. The molecule has 0 radical (unpaired) electrons. The molecule has 0 heterocycles. The van der Waals surface area contributed by atoms with Gasteiger partial charge in [0.25, 0.3) is 0 Å². The van der Waals surface area contributed by atoms with Gasteiger partial charge in [-0.25, -0.2) is 0 Å². The molecule has 0 atom stereocenters. The number of carboxylic acid groups (broad SMARTS) is 2. The number of carbonyl (C=O) groups is 2. The third kappa shape index (κ3) is 34.4. The Labute approximate surface area is 88.8 Å². The van der Waals surface area contributed by atoms with E-state index < -0.39 is 11.9 Å². The van der Waals surface area contributed by atoms with E-state index in [1.165, 1.54) is 0 Å². The van der Waals surface area contributed by atoms with E-state index in [1.54, 1.807) is 0 Å². The molecule has 5 heteroatoms. The summed E-state index contributed by atoms with van der Waals surface area (Å²) in [5.74, 6) is -1.42. The first kappa shape index (κ1) is 18.3. The minimum atomic E-state index is -0.711. The van der Waals surface area contributed by atoms with Crippen molar-refractivity contribution in [3.05, 3.63) is 0 Å². The summed E-state index contributed by atoms with van der Waals surface area (Å²) in [6.07, 6.45) is 2.05. The monoisotopic (exact) mass is 232 g/mol. The maximum atomic E-state index is 9.60. The van der Waals surface area contributed by atoms with Gasteiger partial charge in [0.1, 0.15) is 0 Å². The standard InChI is InChI=1S/2C4H8O2.Fe/c2*1-2-3-4(5)6;/h2*2-3H2,1H3,(H,5,6);. The van der Waals surface area contributed by atoms with Gasteiger partial charge in [-0.15, -0.1) is 0 Å². The van der Waals surface area contributed by atoms with Crippen LogP contribution in [0.15, 0.2) is 0 Å². The van der Waals surface area contributed by atoms with Crippen molar-refractivity contribution < 1.29 is 36.9 Å². The van der Waals surface area contributed by atoms with Crippen molar-refractivity contribution in [1.82, 2.24) is 0 Å². The van der Waals surface area contributed by atoms with Crippen LogP contribution in [0.25, 0.3) is 0 Å². The molecular weight excluding hydrogens is 216 g/mol. The van der Waals surface area contributed by atoms with Crippen LogP contribution in [0, 0.1) is 0 Å². The summed E-state index contributed by atoms with van der Waals surface area (Å²) in [5, 5.41) is 15.8. The van der Waals surface area contributed by atoms with Gasteiger partial charge in [0.05, 0.1) is 0 Å². The molecule has 0 aromatic heterocycles. The van der Waals surface area contributed by atoms with Crippen molar-refractivity contribution >= 4 is 11.9 Å². The molecule has 0 aliphatic carbocycles. The van der Waals surface area contributed by atoms with Gasteiger partial charge in [-0.3, -0.25) is 9.59 Å². The molecule has 13 heavy (non-hydrogen) atoms. The third-order valence-electron chi connectivity index (χ3n) is 0.928. The molecule has 2 N–H and O–H groups in total. The summed E-state index contributed by atoms with van der Waals surface area (Å²) in [5.41, 5.74) is 0. The topological polar surface area (TPSA) is 74.6 Å². The second-order valence-corrected chi connectivity index (χ2v) is 2.29. The minimum absolute atomic E-state index is 0. The first-order valence-corrected chi connectivity index (χ1v) is 3.98. The molecule has 0 unspecified atom stereocenters. The van der Waals surface area contributed by atoms with E-state index in [0.29, 0.717) is 12.8 Å². The van der Waals surface area contributed by atoms with Crippen LogP contribution < -0.4 is 0 Å². The fraction of sp³-hybridized carbons (Fsp3) is 0.750. The first-order valence-electron chi connectivity index (χ1n) is 3.98. The number of hydrogen-bond acceptors (Lipinski definition) is 2. The molecule has 0 aliphatic rings. The van der Waals surface area contributed by atoms with E-state index in [2.05, 4.69) is 0 Å². The average molecular weight is 232 g/mol. The largest absolute Gasteiger partial charge is 0.481 e. The number of carboxylic acids is 2. The van der Waals surface area contributed by atoms with E-state index in [-0.39, 0.29) is 17.1 Å². The van der Waals surface area contributed by atoms with Gasteiger partial charge < -0.3 is 10.2 Å². The normalized spacial score (nSPS) is 7.54. The van der Waals surface area contributed by atoms with E-state index in [0.717, 1.165) is 12.8 Å². The number of aliphatic carboxylic acids is 2. The molecule has 80 valence electrons. The van der Waals surface area contributed by atoms with Gasteiger partial charge in [0, 0.05) is 29.9 Å². The molecule has 0 aliphatic heterocycles. The second kappa shape index (κ2) is 14.0. The van der Waals surface area contributed by atoms with Gasteiger partial charge in [0.15, 0.2) is 0 Å². The van der Waals surface area contributed by atoms with Crippen molar-refractivity contribution in [2.24, 2.45) is 0 Å². The molecule has 0 amide bonds. The Morgan fingerprint density at radius 1 is 0.923 bits per heavy atom. The summed E-state index contributed by atoms with van der Waals surface area (Å²) in [7, 11) is 0. The first-order chi connectivity index (χ1) is 5.54. The predicted molar refractivity (Wildman–Crippen MR) is 45.1 cm³/mol. The van der Waals surface area contributed by atoms with Crippen molar-refractivity contribution in [2.45, 2.75) is 39.5 Å². The van der Waals surface area contributed by atoms with E-state index in [1.807, 2.05) is 13.8 Å². The van der Waals surface area contributed by atoms with Crippen molar-refractivity contribution in [1.29, 1.82) is 0 Å².